The maximum absolute atomic E-state index is 11.4. The van der Waals surface area contributed by atoms with Crippen molar-refractivity contribution >= 4 is 5.97 Å². The maximum Gasteiger partial charge on any atom is 0.342 e. The van der Waals surface area contributed by atoms with Crippen molar-refractivity contribution in [2.45, 2.75) is 32.2 Å². The Morgan fingerprint density at radius 3 is 2.71 bits per heavy atom. The third-order valence-corrected chi connectivity index (χ3v) is 3.24. The highest BCUT2D eigenvalue weighted by Crippen LogP contribution is 2.29. The normalized spacial score (nSPS) is 15.5. The fourth-order valence-electron chi connectivity index (χ4n) is 1.93. The van der Waals surface area contributed by atoms with Crippen LogP contribution in [0.5, 0.6) is 0 Å². The molecule has 1 saturated carbocycles. The highest BCUT2D eigenvalue weighted by atomic mass is 16.4. The van der Waals surface area contributed by atoms with Crippen molar-refractivity contribution in [1.29, 1.82) is 0 Å². The molecule has 1 aromatic rings. The number of nitrogens with one attached hydrogen (secondary N) is 1. The predicted molar refractivity (Wildman–Crippen MR) is 60.2 cm³/mol. The number of carboxylic acid groups (broad SMARTS) is 1. The molecular weight excluding hydrogens is 224 g/mol. The number of aromatic nitrogens is 2. The van der Waals surface area contributed by atoms with E-state index in [1.54, 1.807) is 0 Å². The van der Waals surface area contributed by atoms with Gasteiger partial charge in [-0.2, -0.15) is 0 Å². The smallest absolute Gasteiger partial charge is 0.342 e. The SMILES string of the molecule is O=C(O)c1cn(CCC2CCC2)c(=O)[nH]c1=O. The first-order chi connectivity index (χ1) is 8.08. The first-order valence-corrected chi connectivity index (χ1v) is 5.65. The summed E-state index contributed by atoms with van der Waals surface area (Å²) in [7, 11) is 0. The van der Waals surface area contributed by atoms with E-state index in [0.717, 1.165) is 12.6 Å². The van der Waals surface area contributed by atoms with E-state index >= 15 is 0 Å². The molecule has 17 heavy (non-hydrogen) atoms. The summed E-state index contributed by atoms with van der Waals surface area (Å²) in [5.41, 5.74) is -1.78. The number of nitrogens with zero attached hydrogens (tertiary/aromatic N) is 1. The van der Waals surface area contributed by atoms with E-state index in [1.807, 2.05) is 4.98 Å². The molecule has 1 heterocycles. The fourth-order valence-corrected chi connectivity index (χ4v) is 1.93. The number of carboxylic acids is 1. The molecule has 6 heteroatoms. The number of carbonyl (C=O) groups is 1. The average molecular weight is 238 g/mol. The third kappa shape index (κ3) is 2.46. The Balaban J connectivity index is 2.20. The molecule has 0 amide bonds. The predicted octanol–water partition coefficient (Wildman–Crippen LogP) is 0.425. The van der Waals surface area contributed by atoms with Gasteiger partial charge < -0.3 is 5.11 Å². The Morgan fingerprint density at radius 1 is 1.47 bits per heavy atom. The quantitative estimate of drug-likeness (QED) is 0.795. The lowest BCUT2D eigenvalue weighted by Gasteiger charge is -2.25. The summed E-state index contributed by atoms with van der Waals surface area (Å²) in [6.07, 6.45) is 5.55. The van der Waals surface area contributed by atoms with Crippen molar-refractivity contribution in [3.63, 3.8) is 0 Å². The molecule has 0 atom stereocenters. The highest BCUT2D eigenvalue weighted by molar-refractivity contribution is 5.86. The number of aromatic carboxylic acids is 1. The lowest BCUT2D eigenvalue weighted by molar-refractivity contribution is 0.0693. The van der Waals surface area contributed by atoms with Crippen molar-refractivity contribution in [2.75, 3.05) is 0 Å². The molecule has 92 valence electrons. The Kier molecular flexibility index (Phi) is 3.12. The van der Waals surface area contributed by atoms with E-state index in [0.29, 0.717) is 12.5 Å². The molecule has 2 rings (SSSR count). The topological polar surface area (TPSA) is 92.2 Å². The van der Waals surface area contributed by atoms with Gasteiger partial charge in [-0.25, -0.2) is 9.59 Å². The molecule has 6 nitrogen and oxygen atoms in total. The Morgan fingerprint density at radius 2 is 2.18 bits per heavy atom. The Bertz CT molecular complexity index is 539. The van der Waals surface area contributed by atoms with Crippen LogP contribution in [0.2, 0.25) is 0 Å². The van der Waals surface area contributed by atoms with E-state index in [4.69, 9.17) is 5.11 Å². The van der Waals surface area contributed by atoms with Crippen LogP contribution in [-0.2, 0) is 6.54 Å². The summed E-state index contributed by atoms with van der Waals surface area (Å²) in [6.45, 7) is 0.459. The zero-order valence-electron chi connectivity index (χ0n) is 9.31. The number of rotatable bonds is 4. The molecule has 0 unspecified atom stereocenters. The van der Waals surface area contributed by atoms with E-state index in [2.05, 4.69) is 0 Å². The summed E-state index contributed by atoms with van der Waals surface area (Å²) in [6, 6.07) is 0. The number of hydrogen-bond acceptors (Lipinski definition) is 3. The number of aromatic amines is 1. The summed E-state index contributed by atoms with van der Waals surface area (Å²) >= 11 is 0. The summed E-state index contributed by atoms with van der Waals surface area (Å²) in [4.78, 5) is 35.4. The van der Waals surface area contributed by atoms with Crippen LogP contribution in [0.15, 0.2) is 15.8 Å². The van der Waals surface area contributed by atoms with Gasteiger partial charge in [-0.3, -0.25) is 14.3 Å². The van der Waals surface area contributed by atoms with Crippen molar-refractivity contribution in [1.82, 2.24) is 9.55 Å². The van der Waals surface area contributed by atoms with E-state index < -0.39 is 22.8 Å². The second-order valence-electron chi connectivity index (χ2n) is 4.39. The minimum Gasteiger partial charge on any atom is -0.477 e. The number of hydrogen-bond donors (Lipinski definition) is 2. The minimum absolute atomic E-state index is 0.391. The van der Waals surface area contributed by atoms with Crippen LogP contribution in [0.1, 0.15) is 36.0 Å². The Hall–Kier alpha value is -1.85. The van der Waals surface area contributed by atoms with Gasteiger partial charge in [0.25, 0.3) is 5.56 Å². The summed E-state index contributed by atoms with van der Waals surface area (Å²) < 4.78 is 1.27. The van der Waals surface area contributed by atoms with Crippen LogP contribution in [0.4, 0.5) is 0 Å². The van der Waals surface area contributed by atoms with Gasteiger partial charge in [0.2, 0.25) is 0 Å². The van der Waals surface area contributed by atoms with Crippen molar-refractivity contribution in [3.05, 3.63) is 32.6 Å². The fraction of sp³-hybridized carbons (Fsp3) is 0.545. The van der Waals surface area contributed by atoms with Crippen LogP contribution in [-0.4, -0.2) is 20.6 Å². The summed E-state index contributed by atoms with van der Waals surface area (Å²) in [5, 5.41) is 8.78. The zero-order valence-corrected chi connectivity index (χ0v) is 9.31. The van der Waals surface area contributed by atoms with Gasteiger partial charge in [0, 0.05) is 12.7 Å². The van der Waals surface area contributed by atoms with Crippen LogP contribution in [0.25, 0.3) is 0 Å². The monoisotopic (exact) mass is 238 g/mol. The lowest BCUT2D eigenvalue weighted by Crippen LogP contribution is -2.34. The van der Waals surface area contributed by atoms with Gasteiger partial charge in [0.05, 0.1) is 0 Å². The maximum atomic E-state index is 11.4. The van der Waals surface area contributed by atoms with Crippen LogP contribution in [0.3, 0.4) is 0 Å². The van der Waals surface area contributed by atoms with Gasteiger partial charge in [-0.1, -0.05) is 19.3 Å². The van der Waals surface area contributed by atoms with E-state index in [-0.39, 0.29) is 0 Å². The third-order valence-electron chi connectivity index (χ3n) is 3.24. The van der Waals surface area contributed by atoms with Gasteiger partial charge in [-0.05, 0) is 12.3 Å². The van der Waals surface area contributed by atoms with Crippen LogP contribution >= 0.6 is 0 Å². The van der Waals surface area contributed by atoms with Gasteiger partial charge >= 0.3 is 11.7 Å². The molecule has 2 N–H and O–H groups in total. The lowest BCUT2D eigenvalue weighted by atomic mass is 9.83. The van der Waals surface area contributed by atoms with Gasteiger partial charge in [-0.15, -0.1) is 0 Å². The van der Waals surface area contributed by atoms with Gasteiger partial charge in [0.15, 0.2) is 0 Å². The molecule has 1 fully saturated rings. The molecule has 1 aliphatic rings. The minimum atomic E-state index is -1.32. The molecule has 0 aliphatic heterocycles. The molecule has 0 aromatic carbocycles. The second-order valence-corrected chi connectivity index (χ2v) is 4.39. The molecule has 0 spiro atoms. The standard InChI is InChI=1S/C11H14N2O4/c14-9-8(10(15)16)6-13(11(17)12-9)5-4-7-2-1-3-7/h6-7H,1-5H2,(H,15,16)(H,12,14,17). The van der Waals surface area contributed by atoms with E-state index in [1.165, 1.54) is 23.8 Å². The molecule has 0 bridgehead atoms. The average Bonchev–Trinajstić information content (AvgIpc) is 2.18. The second kappa shape index (κ2) is 4.57. The van der Waals surface area contributed by atoms with Crippen molar-refractivity contribution in [3.8, 4) is 0 Å². The highest BCUT2D eigenvalue weighted by Gasteiger charge is 2.18. The molecule has 0 saturated heterocycles. The molecule has 1 aromatic heterocycles. The van der Waals surface area contributed by atoms with Crippen molar-refractivity contribution < 1.29 is 9.90 Å². The Labute approximate surface area is 96.9 Å². The van der Waals surface area contributed by atoms with Crippen LogP contribution in [0, 0.1) is 5.92 Å². The van der Waals surface area contributed by atoms with E-state index in [9.17, 15) is 14.4 Å². The number of aryl methyl sites for hydroxylation is 1. The first kappa shape index (κ1) is 11.6. The molecule has 0 radical (unpaired) electrons. The van der Waals surface area contributed by atoms with Crippen molar-refractivity contribution in [2.24, 2.45) is 5.92 Å². The number of H-pyrrole nitrogens is 1. The summed E-state index contributed by atoms with van der Waals surface area (Å²) in [5.74, 6) is -0.689. The molecule has 1 aliphatic carbocycles. The largest absolute Gasteiger partial charge is 0.477 e. The van der Waals surface area contributed by atoms with Gasteiger partial charge in [0.1, 0.15) is 5.56 Å². The first-order valence-electron chi connectivity index (χ1n) is 5.65. The molecular formula is C11H14N2O4. The zero-order chi connectivity index (χ0) is 12.4. The van der Waals surface area contributed by atoms with Crippen LogP contribution < -0.4 is 11.2 Å².